The van der Waals surface area contributed by atoms with Gasteiger partial charge >= 0.3 is 0 Å². The van der Waals surface area contributed by atoms with E-state index in [9.17, 15) is 0 Å². The highest BCUT2D eigenvalue weighted by Crippen LogP contribution is 2.10. The molecule has 0 aliphatic rings. The van der Waals surface area contributed by atoms with Crippen LogP contribution in [-0.4, -0.2) is 19.1 Å². The maximum absolute atomic E-state index is 5.49. The predicted molar refractivity (Wildman–Crippen MR) is 66.0 cm³/mol. The third kappa shape index (κ3) is 4.02. The van der Waals surface area contributed by atoms with Gasteiger partial charge in [0.25, 0.3) is 0 Å². The molecule has 2 heteroatoms. The first kappa shape index (κ1) is 12.2. The number of hydrogen-bond donors (Lipinski definition) is 2. The van der Waals surface area contributed by atoms with Gasteiger partial charge in [0, 0.05) is 19.1 Å². The molecule has 15 heavy (non-hydrogen) atoms. The Kier molecular flexibility index (Phi) is 5.37. The highest BCUT2D eigenvalue weighted by molar-refractivity contribution is 5.26. The van der Waals surface area contributed by atoms with Crippen LogP contribution in [0.15, 0.2) is 24.3 Å². The van der Waals surface area contributed by atoms with Gasteiger partial charge in [-0.15, -0.1) is 0 Å². The molecule has 1 aromatic rings. The molecule has 1 aromatic carbocycles. The second-order valence-electron chi connectivity index (χ2n) is 3.98. The normalized spacial score (nSPS) is 12.7. The minimum atomic E-state index is 0.551. The minimum absolute atomic E-state index is 0.551. The molecule has 0 radical (unpaired) electrons. The molecule has 0 aliphatic heterocycles. The molecule has 3 N–H and O–H groups in total. The number of nitrogens with one attached hydrogen (secondary N) is 1. The van der Waals surface area contributed by atoms with Crippen LogP contribution in [0.25, 0.3) is 0 Å². The standard InChI is InChI=1S/C13H22N2/c1-3-13(15-9-8-14)10-12-7-5-4-6-11(12)2/h4-7,13,15H,3,8-10,14H2,1-2H3. The fourth-order valence-corrected chi connectivity index (χ4v) is 1.75. The van der Waals surface area contributed by atoms with Gasteiger partial charge in [-0.2, -0.15) is 0 Å². The van der Waals surface area contributed by atoms with Crippen molar-refractivity contribution in [1.29, 1.82) is 0 Å². The van der Waals surface area contributed by atoms with Crippen molar-refractivity contribution in [3.8, 4) is 0 Å². The summed E-state index contributed by atoms with van der Waals surface area (Å²) in [7, 11) is 0. The van der Waals surface area contributed by atoms with Crippen molar-refractivity contribution in [3.05, 3.63) is 35.4 Å². The van der Waals surface area contributed by atoms with E-state index in [1.807, 2.05) is 0 Å². The number of benzene rings is 1. The van der Waals surface area contributed by atoms with Crippen LogP contribution < -0.4 is 11.1 Å². The second-order valence-corrected chi connectivity index (χ2v) is 3.98. The topological polar surface area (TPSA) is 38.0 Å². The summed E-state index contributed by atoms with van der Waals surface area (Å²) in [6.07, 6.45) is 2.25. The van der Waals surface area contributed by atoms with E-state index in [0.717, 1.165) is 19.4 Å². The summed E-state index contributed by atoms with van der Waals surface area (Å²) in [5.74, 6) is 0. The largest absolute Gasteiger partial charge is 0.329 e. The van der Waals surface area contributed by atoms with Gasteiger partial charge in [0.2, 0.25) is 0 Å². The molecule has 0 bridgehead atoms. The maximum Gasteiger partial charge on any atom is 0.0105 e. The van der Waals surface area contributed by atoms with Gasteiger partial charge in [0.1, 0.15) is 0 Å². The van der Waals surface area contributed by atoms with Crippen molar-refractivity contribution >= 4 is 0 Å². The number of rotatable bonds is 6. The first-order valence-electron chi connectivity index (χ1n) is 5.75. The van der Waals surface area contributed by atoms with E-state index in [1.165, 1.54) is 11.1 Å². The van der Waals surface area contributed by atoms with Gasteiger partial charge in [-0.05, 0) is 30.9 Å². The van der Waals surface area contributed by atoms with Crippen LogP contribution in [0.1, 0.15) is 24.5 Å². The number of hydrogen-bond acceptors (Lipinski definition) is 2. The van der Waals surface area contributed by atoms with E-state index in [4.69, 9.17) is 5.73 Å². The second kappa shape index (κ2) is 6.59. The van der Waals surface area contributed by atoms with Crippen molar-refractivity contribution in [2.45, 2.75) is 32.7 Å². The predicted octanol–water partition coefficient (Wildman–Crippen LogP) is 1.86. The fraction of sp³-hybridized carbons (Fsp3) is 0.538. The Labute approximate surface area is 92.9 Å². The molecule has 1 rings (SSSR count). The van der Waals surface area contributed by atoms with Crippen LogP contribution in [0, 0.1) is 6.92 Å². The van der Waals surface area contributed by atoms with E-state index < -0.39 is 0 Å². The summed E-state index contributed by atoms with van der Waals surface area (Å²) in [5, 5.41) is 3.47. The highest BCUT2D eigenvalue weighted by atomic mass is 14.9. The lowest BCUT2D eigenvalue weighted by Crippen LogP contribution is -2.34. The molecule has 0 saturated carbocycles. The van der Waals surface area contributed by atoms with Crippen LogP contribution in [0.3, 0.4) is 0 Å². The van der Waals surface area contributed by atoms with Crippen molar-refractivity contribution in [3.63, 3.8) is 0 Å². The molecular weight excluding hydrogens is 184 g/mol. The van der Waals surface area contributed by atoms with Gasteiger partial charge in [0.15, 0.2) is 0 Å². The van der Waals surface area contributed by atoms with E-state index in [2.05, 4.69) is 43.4 Å². The number of aryl methyl sites for hydroxylation is 1. The quantitative estimate of drug-likeness (QED) is 0.745. The summed E-state index contributed by atoms with van der Waals surface area (Å²) in [4.78, 5) is 0. The summed E-state index contributed by atoms with van der Waals surface area (Å²) in [5.41, 5.74) is 8.31. The Morgan fingerprint density at radius 3 is 2.67 bits per heavy atom. The average Bonchev–Trinajstić information content (AvgIpc) is 2.26. The summed E-state index contributed by atoms with van der Waals surface area (Å²) >= 11 is 0. The summed E-state index contributed by atoms with van der Waals surface area (Å²) < 4.78 is 0. The Hall–Kier alpha value is -0.860. The lowest BCUT2D eigenvalue weighted by atomic mass is 10.00. The van der Waals surface area contributed by atoms with Gasteiger partial charge in [-0.3, -0.25) is 0 Å². The van der Waals surface area contributed by atoms with Gasteiger partial charge in [-0.25, -0.2) is 0 Å². The lowest BCUT2D eigenvalue weighted by molar-refractivity contribution is 0.501. The zero-order chi connectivity index (χ0) is 11.1. The third-order valence-corrected chi connectivity index (χ3v) is 2.80. The van der Waals surface area contributed by atoms with Crippen molar-refractivity contribution < 1.29 is 0 Å². The molecule has 0 fully saturated rings. The molecular formula is C13H22N2. The maximum atomic E-state index is 5.49. The van der Waals surface area contributed by atoms with Crippen LogP contribution in [0.5, 0.6) is 0 Å². The minimum Gasteiger partial charge on any atom is -0.329 e. The molecule has 0 heterocycles. The fourth-order valence-electron chi connectivity index (χ4n) is 1.75. The molecule has 0 aliphatic carbocycles. The van der Waals surface area contributed by atoms with Crippen LogP contribution in [0.4, 0.5) is 0 Å². The third-order valence-electron chi connectivity index (χ3n) is 2.80. The van der Waals surface area contributed by atoms with E-state index in [1.54, 1.807) is 0 Å². The van der Waals surface area contributed by atoms with Crippen LogP contribution in [0.2, 0.25) is 0 Å². The molecule has 0 saturated heterocycles. The summed E-state index contributed by atoms with van der Waals surface area (Å²) in [6, 6.07) is 9.13. The Balaban J connectivity index is 2.54. The molecule has 1 unspecified atom stereocenters. The highest BCUT2D eigenvalue weighted by Gasteiger charge is 2.07. The molecule has 0 amide bonds. The average molecular weight is 206 g/mol. The molecule has 84 valence electrons. The molecule has 0 aromatic heterocycles. The monoisotopic (exact) mass is 206 g/mol. The van der Waals surface area contributed by atoms with Gasteiger partial charge < -0.3 is 11.1 Å². The molecule has 1 atom stereocenters. The van der Waals surface area contributed by atoms with Crippen LogP contribution >= 0.6 is 0 Å². The Bertz CT molecular complexity index is 284. The molecule has 2 nitrogen and oxygen atoms in total. The van der Waals surface area contributed by atoms with E-state index >= 15 is 0 Å². The van der Waals surface area contributed by atoms with Gasteiger partial charge in [-0.1, -0.05) is 31.2 Å². The van der Waals surface area contributed by atoms with Gasteiger partial charge in [0.05, 0.1) is 0 Å². The first-order chi connectivity index (χ1) is 7.27. The van der Waals surface area contributed by atoms with E-state index in [-0.39, 0.29) is 0 Å². The first-order valence-corrected chi connectivity index (χ1v) is 5.75. The lowest BCUT2D eigenvalue weighted by Gasteiger charge is -2.17. The zero-order valence-corrected chi connectivity index (χ0v) is 9.79. The van der Waals surface area contributed by atoms with Crippen molar-refractivity contribution in [2.24, 2.45) is 5.73 Å². The Morgan fingerprint density at radius 1 is 1.33 bits per heavy atom. The molecule has 0 spiro atoms. The smallest absolute Gasteiger partial charge is 0.0105 e. The zero-order valence-electron chi connectivity index (χ0n) is 9.79. The van der Waals surface area contributed by atoms with Crippen LogP contribution in [-0.2, 0) is 6.42 Å². The van der Waals surface area contributed by atoms with Crippen molar-refractivity contribution in [2.75, 3.05) is 13.1 Å². The van der Waals surface area contributed by atoms with E-state index in [0.29, 0.717) is 12.6 Å². The SMILES string of the molecule is CCC(Cc1ccccc1C)NCCN. The summed E-state index contributed by atoms with van der Waals surface area (Å²) in [6.45, 7) is 6.01. The van der Waals surface area contributed by atoms with Crippen molar-refractivity contribution in [1.82, 2.24) is 5.32 Å². The number of nitrogens with two attached hydrogens (primary N) is 1. The Morgan fingerprint density at radius 2 is 2.07 bits per heavy atom.